The molecule has 2 heterocycles. The summed E-state index contributed by atoms with van der Waals surface area (Å²) in [7, 11) is 0. The molecule has 20 heavy (non-hydrogen) atoms. The maximum absolute atomic E-state index is 12.0. The molecule has 6 heteroatoms. The number of unbranched alkanes of at least 4 members (excludes halogenated alkanes) is 2. The van der Waals surface area contributed by atoms with Gasteiger partial charge in [0.05, 0.1) is 0 Å². The lowest BCUT2D eigenvalue weighted by molar-refractivity contribution is -0.139. The van der Waals surface area contributed by atoms with Crippen LogP contribution in [0.3, 0.4) is 0 Å². The van der Waals surface area contributed by atoms with E-state index >= 15 is 0 Å². The van der Waals surface area contributed by atoms with Crippen molar-refractivity contribution in [1.29, 1.82) is 0 Å². The van der Waals surface area contributed by atoms with Crippen molar-refractivity contribution in [3.8, 4) is 0 Å². The standard InChI is InChI=1S/C14H22N3O2S/c1-12-15-6-8-16(12)7-4-2-3-5-13(18)17-9-10-20-11-14(17)19/h8,14,19H,2-5,7,9-11H2,1H3. The van der Waals surface area contributed by atoms with Crippen molar-refractivity contribution in [2.45, 2.75) is 45.4 Å². The number of nitrogens with zero attached hydrogens (tertiary/aromatic N) is 3. The maximum atomic E-state index is 12.0. The van der Waals surface area contributed by atoms with Gasteiger partial charge in [-0.05, 0) is 19.8 Å². The molecular formula is C14H22N3O2S. The zero-order valence-electron chi connectivity index (χ0n) is 11.9. The largest absolute Gasteiger partial charge is 0.373 e. The van der Waals surface area contributed by atoms with Crippen LogP contribution in [-0.2, 0) is 11.3 Å². The maximum Gasteiger partial charge on any atom is 0.224 e. The van der Waals surface area contributed by atoms with Gasteiger partial charge in [-0.25, -0.2) is 4.98 Å². The highest BCUT2D eigenvalue weighted by Gasteiger charge is 2.24. The van der Waals surface area contributed by atoms with Crippen LogP contribution in [0.2, 0.25) is 0 Å². The highest BCUT2D eigenvalue weighted by molar-refractivity contribution is 7.99. The Bertz CT molecular complexity index is 436. The molecule has 1 fully saturated rings. The lowest BCUT2D eigenvalue weighted by Crippen LogP contribution is -2.45. The summed E-state index contributed by atoms with van der Waals surface area (Å²) in [5, 5.41) is 9.77. The number of aromatic nitrogens is 2. The quantitative estimate of drug-likeness (QED) is 0.807. The lowest BCUT2D eigenvalue weighted by Gasteiger charge is -2.31. The topological polar surface area (TPSA) is 58.4 Å². The number of carbonyl (C=O) groups is 1. The number of aryl methyl sites for hydroxylation is 2. The van der Waals surface area contributed by atoms with Crippen LogP contribution >= 0.6 is 11.8 Å². The Labute approximate surface area is 124 Å². The van der Waals surface area contributed by atoms with E-state index in [0.717, 1.165) is 37.4 Å². The molecule has 1 atom stereocenters. The monoisotopic (exact) mass is 296 g/mol. The van der Waals surface area contributed by atoms with Crippen molar-refractivity contribution in [2.75, 3.05) is 18.1 Å². The number of rotatable bonds is 6. The van der Waals surface area contributed by atoms with Crippen molar-refractivity contribution in [2.24, 2.45) is 0 Å². The van der Waals surface area contributed by atoms with Crippen molar-refractivity contribution in [3.63, 3.8) is 0 Å². The highest BCUT2D eigenvalue weighted by atomic mass is 32.2. The van der Waals surface area contributed by atoms with E-state index in [4.69, 9.17) is 0 Å². The van der Waals surface area contributed by atoms with Crippen LogP contribution in [-0.4, -0.2) is 49.7 Å². The van der Waals surface area contributed by atoms with Gasteiger partial charge in [-0.3, -0.25) is 4.79 Å². The number of aliphatic hydroxyl groups is 1. The van der Waals surface area contributed by atoms with E-state index < -0.39 is 6.23 Å². The highest BCUT2D eigenvalue weighted by Crippen LogP contribution is 2.16. The first-order valence-corrected chi connectivity index (χ1v) is 8.29. The molecule has 1 amide bonds. The molecule has 1 aromatic heterocycles. The predicted octanol–water partition coefficient (Wildman–Crippen LogP) is 1.45. The summed E-state index contributed by atoms with van der Waals surface area (Å²) in [5.74, 6) is 2.64. The number of imidazole rings is 1. The van der Waals surface area contributed by atoms with Gasteiger partial charge in [-0.2, -0.15) is 11.8 Å². The number of aliphatic hydroxyl groups excluding tert-OH is 1. The van der Waals surface area contributed by atoms with Gasteiger partial charge >= 0.3 is 0 Å². The SMILES string of the molecule is Cc1n[c]cn1CCCCCC(=O)N1CCSCC1O. The third-order valence-electron chi connectivity index (χ3n) is 3.57. The van der Waals surface area contributed by atoms with Crippen LogP contribution in [0.5, 0.6) is 0 Å². The van der Waals surface area contributed by atoms with E-state index in [1.54, 1.807) is 16.7 Å². The molecule has 1 radical (unpaired) electrons. The van der Waals surface area contributed by atoms with Crippen molar-refractivity contribution >= 4 is 17.7 Å². The average Bonchev–Trinajstić information content (AvgIpc) is 2.84. The first kappa shape index (κ1) is 15.4. The molecule has 0 spiro atoms. The van der Waals surface area contributed by atoms with Gasteiger partial charge in [0.25, 0.3) is 0 Å². The van der Waals surface area contributed by atoms with Gasteiger partial charge in [-0.15, -0.1) is 0 Å². The molecule has 1 aromatic rings. The first-order chi connectivity index (χ1) is 9.68. The number of thioether (sulfide) groups is 1. The minimum atomic E-state index is -0.592. The Morgan fingerprint density at radius 1 is 1.55 bits per heavy atom. The minimum Gasteiger partial charge on any atom is -0.373 e. The number of amides is 1. The van der Waals surface area contributed by atoms with E-state index in [2.05, 4.69) is 15.7 Å². The summed E-state index contributed by atoms with van der Waals surface area (Å²) >= 11 is 1.70. The second-order valence-corrected chi connectivity index (χ2v) is 6.21. The van der Waals surface area contributed by atoms with E-state index in [1.165, 1.54) is 0 Å². The van der Waals surface area contributed by atoms with Crippen molar-refractivity contribution in [1.82, 2.24) is 14.5 Å². The number of carbonyl (C=O) groups excluding carboxylic acids is 1. The molecule has 5 nitrogen and oxygen atoms in total. The normalized spacial score (nSPS) is 19.3. The summed E-state index contributed by atoms with van der Waals surface area (Å²) in [6.07, 6.45) is 7.57. The fourth-order valence-corrected chi connectivity index (χ4v) is 3.22. The summed E-state index contributed by atoms with van der Waals surface area (Å²) in [6, 6.07) is 0. The van der Waals surface area contributed by atoms with Crippen LogP contribution < -0.4 is 0 Å². The molecule has 1 unspecified atom stereocenters. The molecule has 1 N–H and O–H groups in total. The molecule has 0 saturated carbocycles. The van der Waals surface area contributed by atoms with Crippen LogP contribution in [0.15, 0.2) is 6.20 Å². The van der Waals surface area contributed by atoms with E-state index in [-0.39, 0.29) is 5.91 Å². The Morgan fingerprint density at radius 3 is 3.10 bits per heavy atom. The van der Waals surface area contributed by atoms with Gasteiger partial charge in [0.15, 0.2) is 0 Å². The van der Waals surface area contributed by atoms with Crippen LogP contribution in [0.1, 0.15) is 31.5 Å². The minimum absolute atomic E-state index is 0.0879. The van der Waals surface area contributed by atoms with Crippen LogP contribution in [0.4, 0.5) is 0 Å². The van der Waals surface area contributed by atoms with Gasteiger partial charge in [0.2, 0.25) is 5.91 Å². The molecule has 1 saturated heterocycles. The molecule has 1 aliphatic heterocycles. The smallest absolute Gasteiger partial charge is 0.224 e. The zero-order chi connectivity index (χ0) is 14.4. The first-order valence-electron chi connectivity index (χ1n) is 7.13. The molecule has 111 valence electrons. The second-order valence-electron chi connectivity index (χ2n) is 5.06. The fraction of sp³-hybridized carbons (Fsp3) is 0.714. The summed E-state index contributed by atoms with van der Waals surface area (Å²) in [6.45, 7) is 3.57. The van der Waals surface area contributed by atoms with Gasteiger partial charge < -0.3 is 14.6 Å². The van der Waals surface area contributed by atoms with Gasteiger partial charge in [0.1, 0.15) is 18.2 Å². The van der Waals surface area contributed by atoms with Crippen molar-refractivity contribution < 1.29 is 9.90 Å². The molecule has 0 aromatic carbocycles. The summed E-state index contributed by atoms with van der Waals surface area (Å²) in [5.41, 5.74) is 0. The molecular weight excluding hydrogens is 274 g/mol. The Balaban J connectivity index is 1.61. The van der Waals surface area contributed by atoms with E-state index in [0.29, 0.717) is 18.7 Å². The van der Waals surface area contributed by atoms with Crippen molar-refractivity contribution in [3.05, 3.63) is 18.2 Å². The third kappa shape index (κ3) is 4.24. The Morgan fingerprint density at radius 2 is 2.40 bits per heavy atom. The molecule has 0 bridgehead atoms. The Hall–Kier alpha value is -1.01. The summed E-state index contributed by atoms with van der Waals surface area (Å²) < 4.78 is 2.08. The van der Waals surface area contributed by atoms with E-state index in [9.17, 15) is 9.90 Å². The predicted molar refractivity (Wildman–Crippen MR) is 79.3 cm³/mol. The number of hydrogen-bond donors (Lipinski definition) is 1. The van der Waals surface area contributed by atoms with Gasteiger partial charge in [0, 0.05) is 37.2 Å². The zero-order valence-corrected chi connectivity index (χ0v) is 12.7. The fourth-order valence-electron chi connectivity index (χ4n) is 2.34. The second kappa shape index (κ2) is 7.69. The third-order valence-corrected chi connectivity index (χ3v) is 4.57. The van der Waals surface area contributed by atoms with Crippen LogP contribution in [0.25, 0.3) is 0 Å². The Kier molecular flexibility index (Phi) is 5.91. The lowest BCUT2D eigenvalue weighted by atomic mass is 10.1. The molecule has 1 aliphatic rings. The molecule has 0 aliphatic carbocycles. The number of hydrogen-bond acceptors (Lipinski definition) is 4. The van der Waals surface area contributed by atoms with Gasteiger partial charge in [-0.1, -0.05) is 6.42 Å². The van der Waals surface area contributed by atoms with E-state index in [1.807, 2.05) is 13.1 Å². The molecule has 2 rings (SSSR count). The van der Waals surface area contributed by atoms with Crippen LogP contribution in [0, 0.1) is 13.1 Å². The average molecular weight is 296 g/mol. The summed E-state index contributed by atoms with van der Waals surface area (Å²) in [4.78, 5) is 17.7.